The molecule has 0 radical (unpaired) electrons. The van der Waals surface area contributed by atoms with Gasteiger partial charge in [-0.3, -0.25) is 4.79 Å². The van der Waals surface area contributed by atoms with Crippen LogP contribution in [0.1, 0.15) is 32.1 Å². The molecular weight excluding hydrogens is 277 g/mol. The highest BCUT2D eigenvalue weighted by atomic mass is 32.1. The first kappa shape index (κ1) is 13.7. The highest BCUT2D eigenvalue weighted by Gasteiger charge is 2.31. The number of carbonyl (C=O) groups is 1. The van der Waals surface area contributed by atoms with Gasteiger partial charge in [-0.15, -0.1) is 5.10 Å². The average molecular weight is 286 g/mol. The highest BCUT2D eigenvalue weighted by molar-refractivity contribution is 7.08. The molecule has 2 aromatic rings. The lowest BCUT2D eigenvalue weighted by Gasteiger charge is -2.09. The van der Waals surface area contributed by atoms with Crippen molar-refractivity contribution in [3.63, 3.8) is 0 Å². The van der Waals surface area contributed by atoms with E-state index in [0.717, 1.165) is 23.7 Å². The zero-order chi connectivity index (χ0) is 14.2. The Kier molecular flexibility index (Phi) is 3.40. The second-order valence-corrected chi connectivity index (χ2v) is 4.80. The van der Waals surface area contributed by atoms with Gasteiger partial charge in [0.1, 0.15) is 4.88 Å². The van der Waals surface area contributed by atoms with Gasteiger partial charge >= 0.3 is 6.18 Å². The van der Waals surface area contributed by atoms with Crippen LogP contribution < -0.4 is 0 Å². The number of aromatic nitrogens is 2. The van der Waals surface area contributed by atoms with Gasteiger partial charge < -0.3 is 0 Å². The lowest BCUT2D eigenvalue weighted by atomic mass is 10.0. The van der Waals surface area contributed by atoms with Gasteiger partial charge in [-0.2, -0.15) is 13.2 Å². The first-order chi connectivity index (χ1) is 8.80. The van der Waals surface area contributed by atoms with Crippen molar-refractivity contribution in [3.05, 3.63) is 45.5 Å². The van der Waals surface area contributed by atoms with Crippen LogP contribution in [0.4, 0.5) is 13.2 Å². The van der Waals surface area contributed by atoms with Gasteiger partial charge in [0.05, 0.1) is 11.3 Å². The smallest absolute Gasteiger partial charge is 0.288 e. The molecule has 1 heterocycles. The monoisotopic (exact) mass is 286 g/mol. The number of halogens is 3. The van der Waals surface area contributed by atoms with E-state index in [1.807, 2.05) is 0 Å². The lowest BCUT2D eigenvalue weighted by molar-refractivity contribution is -0.137. The molecule has 1 aromatic carbocycles. The van der Waals surface area contributed by atoms with E-state index in [0.29, 0.717) is 10.6 Å². The van der Waals surface area contributed by atoms with Gasteiger partial charge in [-0.25, -0.2) is 0 Å². The molecule has 3 nitrogen and oxygen atoms in total. The van der Waals surface area contributed by atoms with E-state index < -0.39 is 11.7 Å². The van der Waals surface area contributed by atoms with E-state index in [1.165, 1.54) is 13.0 Å². The van der Waals surface area contributed by atoms with Gasteiger partial charge in [0.2, 0.25) is 5.78 Å². The Labute approximate surface area is 111 Å². The molecule has 0 amide bonds. The predicted molar refractivity (Wildman–Crippen MR) is 64.3 cm³/mol. The van der Waals surface area contributed by atoms with Crippen molar-refractivity contribution in [2.24, 2.45) is 0 Å². The lowest BCUT2D eigenvalue weighted by Crippen LogP contribution is -2.08. The standard InChI is InChI=1S/C12H9F3N2OS/c1-6-5-8(12(13,14)15)3-4-9(6)10(18)11-7(2)16-17-19-11/h3-5H,1-2H3. The van der Waals surface area contributed by atoms with Crippen molar-refractivity contribution < 1.29 is 18.0 Å². The van der Waals surface area contributed by atoms with Crippen LogP contribution in [0.5, 0.6) is 0 Å². The minimum atomic E-state index is -4.41. The van der Waals surface area contributed by atoms with Gasteiger partial charge in [-0.05, 0) is 43.1 Å². The first-order valence-corrected chi connectivity index (χ1v) is 6.09. The summed E-state index contributed by atoms with van der Waals surface area (Å²) in [6.45, 7) is 3.11. The Hall–Kier alpha value is -1.76. The summed E-state index contributed by atoms with van der Waals surface area (Å²) in [6.07, 6.45) is -4.41. The van der Waals surface area contributed by atoms with Gasteiger partial charge in [0.15, 0.2) is 0 Å². The molecule has 0 saturated heterocycles. The second-order valence-electron chi connectivity index (χ2n) is 4.04. The molecule has 0 spiro atoms. The van der Waals surface area contributed by atoms with Crippen molar-refractivity contribution >= 4 is 17.3 Å². The van der Waals surface area contributed by atoms with Crippen molar-refractivity contribution in [2.75, 3.05) is 0 Å². The number of rotatable bonds is 2. The number of benzene rings is 1. The fraction of sp³-hybridized carbons (Fsp3) is 0.250. The molecule has 19 heavy (non-hydrogen) atoms. The zero-order valence-electron chi connectivity index (χ0n) is 10.1. The molecule has 0 bridgehead atoms. The van der Waals surface area contributed by atoms with Gasteiger partial charge in [0, 0.05) is 5.56 Å². The molecule has 1 aromatic heterocycles. The van der Waals surface area contributed by atoms with E-state index in [-0.39, 0.29) is 16.9 Å². The SMILES string of the molecule is Cc1cc(C(F)(F)F)ccc1C(=O)c1snnc1C. The third-order valence-electron chi connectivity index (χ3n) is 2.66. The first-order valence-electron chi connectivity index (χ1n) is 5.32. The third kappa shape index (κ3) is 2.65. The molecule has 100 valence electrons. The summed E-state index contributed by atoms with van der Waals surface area (Å²) in [5.74, 6) is -0.348. The number of nitrogens with zero attached hydrogens (tertiary/aromatic N) is 2. The summed E-state index contributed by atoms with van der Waals surface area (Å²) < 4.78 is 41.3. The van der Waals surface area contributed by atoms with Crippen molar-refractivity contribution in [1.82, 2.24) is 9.59 Å². The third-order valence-corrected chi connectivity index (χ3v) is 3.48. The molecule has 0 N–H and O–H groups in total. The molecular formula is C12H9F3N2OS. The fourth-order valence-electron chi connectivity index (χ4n) is 1.66. The molecule has 0 saturated carbocycles. The number of ketones is 1. The minimum Gasteiger partial charge on any atom is -0.288 e. The molecule has 0 aliphatic heterocycles. The van der Waals surface area contributed by atoms with Crippen LogP contribution in [-0.2, 0) is 6.18 Å². The van der Waals surface area contributed by atoms with E-state index in [1.54, 1.807) is 6.92 Å². The highest BCUT2D eigenvalue weighted by Crippen LogP contribution is 2.31. The van der Waals surface area contributed by atoms with Crippen molar-refractivity contribution in [1.29, 1.82) is 0 Å². The summed E-state index contributed by atoms with van der Waals surface area (Å²) in [4.78, 5) is 12.5. The van der Waals surface area contributed by atoms with Crippen LogP contribution in [0.25, 0.3) is 0 Å². The summed E-state index contributed by atoms with van der Waals surface area (Å²) in [6, 6.07) is 3.07. The maximum absolute atomic E-state index is 12.5. The molecule has 0 atom stereocenters. The van der Waals surface area contributed by atoms with Crippen LogP contribution in [0, 0.1) is 13.8 Å². The van der Waals surface area contributed by atoms with Crippen LogP contribution in [-0.4, -0.2) is 15.4 Å². The normalized spacial score (nSPS) is 11.6. The number of alkyl halides is 3. The number of hydrogen-bond acceptors (Lipinski definition) is 4. The number of aryl methyl sites for hydroxylation is 2. The number of hydrogen-bond donors (Lipinski definition) is 0. The Morgan fingerprint density at radius 1 is 1.26 bits per heavy atom. The largest absolute Gasteiger partial charge is 0.416 e. The van der Waals surface area contributed by atoms with Gasteiger partial charge in [0.25, 0.3) is 0 Å². The Balaban J connectivity index is 2.43. The van der Waals surface area contributed by atoms with Crippen LogP contribution in [0.2, 0.25) is 0 Å². The maximum atomic E-state index is 12.5. The van der Waals surface area contributed by atoms with Crippen LogP contribution >= 0.6 is 11.5 Å². The van der Waals surface area contributed by atoms with Crippen molar-refractivity contribution in [2.45, 2.75) is 20.0 Å². The van der Waals surface area contributed by atoms with E-state index in [2.05, 4.69) is 9.59 Å². The summed E-state index contributed by atoms with van der Waals surface area (Å²) in [5.41, 5.74) is 0.241. The Morgan fingerprint density at radius 2 is 1.95 bits per heavy atom. The fourth-order valence-corrected chi connectivity index (χ4v) is 2.27. The van der Waals surface area contributed by atoms with Crippen molar-refractivity contribution in [3.8, 4) is 0 Å². The molecule has 0 unspecified atom stereocenters. The van der Waals surface area contributed by atoms with Crippen LogP contribution in [0.15, 0.2) is 18.2 Å². The average Bonchev–Trinajstić information content (AvgIpc) is 2.73. The molecule has 7 heteroatoms. The van der Waals surface area contributed by atoms with E-state index in [9.17, 15) is 18.0 Å². The second kappa shape index (κ2) is 4.73. The Bertz CT molecular complexity index is 634. The minimum absolute atomic E-state index is 0.238. The topological polar surface area (TPSA) is 42.9 Å². The summed E-state index contributed by atoms with van der Waals surface area (Å²) in [5, 5.41) is 3.72. The summed E-state index contributed by atoms with van der Waals surface area (Å²) in [7, 11) is 0. The zero-order valence-corrected chi connectivity index (χ0v) is 10.9. The number of carbonyl (C=O) groups excluding carboxylic acids is 1. The molecule has 2 rings (SSSR count). The van der Waals surface area contributed by atoms with Crippen LogP contribution in [0.3, 0.4) is 0 Å². The summed E-state index contributed by atoms with van der Waals surface area (Å²) >= 11 is 0.938. The molecule has 0 fully saturated rings. The van der Waals surface area contributed by atoms with Gasteiger partial charge in [-0.1, -0.05) is 10.6 Å². The van der Waals surface area contributed by atoms with E-state index >= 15 is 0 Å². The molecule has 0 aliphatic rings. The Morgan fingerprint density at radius 3 is 2.42 bits per heavy atom. The predicted octanol–water partition coefficient (Wildman–Crippen LogP) is 3.40. The van der Waals surface area contributed by atoms with E-state index in [4.69, 9.17) is 0 Å². The quantitative estimate of drug-likeness (QED) is 0.795. The molecule has 0 aliphatic carbocycles. The maximum Gasteiger partial charge on any atom is 0.416 e.